The van der Waals surface area contributed by atoms with E-state index in [4.69, 9.17) is 10.00 Å². The number of nitrogens with zero attached hydrogens (tertiary/aromatic N) is 1. The second kappa shape index (κ2) is 4.92. The predicted molar refractivity (Wildman–Crippen MR) is 68.6 cm³/mol. The standard InChI is InChI=1S/C14H14N2O2/c1-9(2)18-11-4-3-10-7-13(14(17)5-6-15)16-12(10)8-11/h3-4,7-9,16H,5H2,1-2H3. The van der Waals surface area contributed by atoms with E-state index >= 15 is 0 Å². The van der Waals surface area contributed by atoms with E-state index in [1.54, 1.807) is 6.07 Å². The van der Waals surface area contributed by atoms with Crippen LogP contribution in [0.5, 0.6) is 5.75 Å². The van der Waals surface area contributed by atoms with Gasteiger partial charge in [0.15, 0.2) is 5.78 Å². The van der Waals surface area contributed by atoms with E-state index in [1.807, 2.05) is 38.1 Å². The molecule has 0 unspecified atom stereocenters. The summed E-state index contributed by atoms with van der Waals surface area (Å²) < 4.78 is 5.58. The van der Waals surface area contributed by atoms with Gasteiger partial charge >= 0.3 is 0 Å². The van der Waals surface area contributed by atoms with Crippen molar-refractivity contribution >= 4 is 16.7 Å². The van der Waals surface area contributed by atoms with Gasteiger partial charge in [0.25, 0.3) is 0 Å². The molecule has 92 valence electrons. The highest BCUT2D eigenvalue weighted by atomic mass is 16.5. The number of H-pyrrole nitrogens is 1. The largest absolute Gasteiger partial charge is 0.491 e. The number of Topliss-reactive ketones (excluding diaryl/α,β-unsaturated/α-hetero) is 1. The van der Waals surface area contributed by atoms with Crippen LogP contribution in [0.2, 0.25) is 0 Å². The minimum atomic E-state index is -0.194. The molecular weight excluding hydrogens is 228 g/mol. The van der Waals surface area contributed by atoms with Gasteiger partial charge in [-0.2, -0.15) is 5.26 Å². The number of benzene rings is 1. The molecule has 0 spiro atoms. The Morgan fingerprint density at radius 2 is 2.22 bits per heavy atom. The number of ketones is 1. The minimum Gasteiger partial charge on any atom is -0.491 e. The van der Waals surface area contributed by atoms with Crippen LogP contribution in [0.15, 0.2) is 24.3 Å². The number of hydrogen-bond donors (Lipinski definition) is 1. The fraction of sp³-hybridized carbons (Fsp3) is 0.286. The van der Waals surface area contributed by atoms with Gasteiger partial charge in [-0.15, -0.1) is 0 Å². The van der Waals surface area contributed by atoms with Gasteiger partial charge in [-0.05, 0) is 32.0 Å². The van der Waals surface area contributed by atoms with E-state index in [2.05, 4.69) is 4.98 Å². The summed E-state index contributed by atoms with van der Waals surface area (Å²) in [7, 11) is 0. The Morgan fingerprint density at radius 3 is 2.89 bits per heavy atom. The van der Waals surface area contributed by atoms with Gasteiger partial charge in [0.2, 0.25) is 0 Å². The van der Waals surface area contributed by atoms with Crippen LogP contribution in [0.4, 0.5) is 0 Å². The van der Waals surface area contributed by atoms with Crippen LogP contribution < -0.4 is 4.74 Å². The van der Waals surface area contributed by atoms with Crippen molar-refractivity contribution in [2.75, 3.05) is 0 Å². The van der Waals surface area contributed by atoms with Crippen molar-refractivity contribution in [3.05, 3.63) is 30.0 Å². The summed E-state index contributed by atoms with van der Waals surface area (Å²) in [5.41, 5.74) is 1.31. The first kappa shape index (κ1) is 12.2. The van der Waals surface area contributed by atoms with Crippen LogP contribution in [0.3, 0.4) is 0 Å². The lowest BCUT2D eigenvalue weighted by Gasteiger charge is -2.08. The maximum atomic E-state index is 11.6. The van der Waals surface area contributed by atoms with Gasteiger partial charge in [-0.1, -0.05) is 0 Å². The summed E-state index contributed by atoms with van der Waals surface area (Å²) in [5.74, 6) is 0.568. The molecule has 0 radical (unpaired) electrons. The Morgan fingerprint density at radius 1 is 1.44 bits per heavy atom. The predicted octanol–water partition coefficient (Wildman–Crippen LogP) is 3.05. The van der Waals surface area contributed by atoms with Gasteiger partial charge in [-0.3, -0.25) is 4.79 Å². The first-order chi connectivity index (χ1) is 8.60. The molecule has 0 saturated heterocycles. The van der Waals surface area contributed by atoms with E-state index in [-0.39, 0.29) is 18.3 Å². The quantitative estimate of drug-likeness (QED) is 0.838. The topological polar surface area (TPSA) is 65.9 Å². The van der Waals surface area contributed by atoms with E-state index < -0.39 is 0 Å². The SMILES string of the molecule is CC(C)Oc1ccc2cc(C(=O)CC#N)[nH]c2c1. The summed E-state index contributed by atoms with van der Waals surface area (Å²) in [6.45, 7) is 3.92. The van der Waals surface area contributed by atoms with Gasteiger partial charge < -0.3 is 9.72 Å². The molecule has 0 aliphatic heterocycles. The number of ether oxygens (including phenoxy) is 1. The Hall–Kier alpha value is -2.28. The second-order valence-corrected chi connectivity index (χ2v) is 4.36. The minimum absolute atomic E-state index is 0.108. The Bertz CT molecular complexity index is 620. The number of nitrogens with one attached hydrogen (secondary N) is 1. The lowest BCUT2D eigenvalue weighted by Crippen LogP contribution is -2.05. The summed E-state index contributed by atoms with van der Waals surface area (Å²) in [4.78, 5) is 14.6. The van der Waals surface area contributed by atoms with E-state index in [0.717, 1.165) is 16.7 Å². The third-order valence-corrected chi connectivity index (χ3v) is 2.51. The van der Waals surface area contributed by atoms with Crippen LogP contribution in [-0.2, 0) is 0 Å². The van der Waals surface area contributed by atoms with Crippen molar-refractivity contribution < 1.29 is 9.53 Å². The second-order valence-electron chi connectivity index (χ2n) is 4.36. The lowest BCUT2D eigenvalue weighted by molar-refractivity contribution is 0.0994. The fourth-order valence-corrected chi connectivity index (χ4v) is 1.77. The number of aromatic amines is 1. The zero-order valence-corrected chi connectivity index (χ0v) is 10.4. The van der Waals surface area contributed by atoms with Gasteiger partial charge in [-0.25, -0.2) is 0 Å². The average Bonchev–Trinajstić information content (AvgIpc) is 2.71. The lowest BCUT2D eigenvalue weighted by atomic mass is 10.2. The van der Waals surface area contributed by atoms with Crippen molar-refractivity contribution in [1.29, 1.82) is 5.26 Å². The zero-order valence-electron chi connectivity index (χ0n) is 10.4. The average molecular weight is 242 g/mol. The molecule has 18 heavy (non-hydrogen) atoms. The third-order valence-electron chi connectivity index (χ3n) is 2.51. The van der Waals surface area contributed by atoms with Crippen LogP contribution in [0, 0.1) is 11.3 Å². The first-order valence-corrected chi connectivity index (χ1v) is 5.79. The first-order valence-electron chi connectivity index (χ1n) is 5.79. The van der Waals surface area contributed by atoms with Gasteiger partial charge in [0, 0.05) is 17.0 Å². The molecule has 0 fully saturated rings. The molecule has 4 heteroatoms. The van der Waals surface area contributed by atoms with Crippen molar-refractivity contribution in [2.24, 2.45) is 0 Å². The molecule has 0 aliphatic rings. The van der Waals surface area contributed by atoms with Gasteiger partial charge in [0.1, 0.15) is 12.2 Å². The molecule has 1 heterocycles. The smallest absolute Gasteiger partial charge is 0.193 e. The number of carbonyl (C=O) groups excluding carboxylic acids is 1. The number of rotatable bonds is 4. The number of carbonyl (C=O) groups is 1. The molecule has 0 saturated carbocycles. The molecule has 2 aromatic rings. The molecule has 1 N–H and O–H groups in total. The molecule has 0 bridgehead atoms. The highest BCUT2D eigenvalue weighted by molar-refractivity contribution is 6.00. The number of hydrogen-bond acceptors (Lipinski definition) is 3. The van der Waals surface area contributed by atoms with E-state index in [1.165, 1.54) is 0 Å². The van der Waals surface area contributed by atoms with Gasteiger partial charge in [0.05, 0.1) is 17.9 Å². The summed E-state index contributed by atoms with van der Waals surface area (Å²) in [6, 6.07) is 9.24. The zero-order chi connectivity index (χ0) is 13.1. The Labute approximate surface area is 105 Å². The number of fused-ring (bicyclic) bond motifs is 1. The Kier molecular flexibility index (Phi) is 3.33. The van der Waals surface area contributed by atoms with Crippen LogP contribution in [0.1, 0.15) is 30.8 Å². The molecule has 0 aliphatic carbocycles. The monoisotopic (exact) mass is 242 g/mol. The number of aromatic nitrogens is 1. The molecular formula is C14H14N2O2. The molecule has 0 atom stereocenters. The van der Waals surface area contributed by atoms with Crippen molar-refractivity contribution in [1.82, 2.24) is 4.98 Å². The molecule has 1 aromatic heterocycles. The summed E-state index contributed by atoms with van der Waals surface area (Å²) >= 11 is 0. The normalized spacial score (nSPS) is 10.6. The third kappa shape index (κ3) is 2.51. The highest BCUT2D eigenvalue weighted by Crippen LogP contribution is 2.22. The Balaban J connectivity index is 2.34. The van der Waals surface area contributed by atoms with Crippen LogP contribution in [-0.4, -0.2) is 16.9 Å². The molecule has 1 aromatic carbocycles. The molecule has 0 amide bonds. The van der Waals surface area contributed by atoms with Crippen molar-refractivity contribution in [3.8, 4) is 11.8 Å². The van der Waals surface area contributed by atoms with Crippen LogP contribution >= 0.6 is 0 Å². The van der Waals surface area contributed by atoms with E-state index in [9.17, 15) is 4.79 Å². The number of nitriles is 1. The van der Waals surface area contributed by atoms with E-state index in [0.29, 0.717) is 5.69 Å². The van der Waals surface area contributed by atoms with Crippen molar-refractivity contribution in [3.63, 3.8) is 0 Å². The highest BCUT2D eigenvalue weighted by Gasteiger charge is 2.09. The molecule has 2 rings (SSSR count). The fourth-order valence-electron chi connectivity index (χ4n) is 1.77. The summed E-state index contributed by atoms with van der Waals surface area (Å²) in [5, 5.41) is 9.45. The maximum Gasteiger partial charge on any atom is 0.193 e. The molecule has 4 nitrogen and oxygen atoms in total. The summed E-state index contributed by atoms with van der Waals surface area (Å²) in [6.07, 6.45) is -0.000526. The maximum absolute atomic E-state index is 11.6. The van der Waals surface area contributed by atoms with Crippen LogP contribution in [0.25, 0.3) is 10.9 Å². The van der Waals surface area contributed by atoms with Crippen molar-refractivity contribution in [2.45, 2.75) is 26.4 Å².